The van der Waals surface area contributed by atoms with Crippen molar-refractivity contribution in [1.82, 2.24) is 0 Å². The first-order valence-electron chi connectivity index (χ1n) is 7.62. The van der Waals surface area contributed by atoms with Gasteiger partial charge in [0.25, 0.3) is 5.69 Å². The van der Waals surface area contributed by atoms with Crippen molar-refractivity contribution in [1.29, 1.82) is 0 Å². The van der Waals surface area contributed by atoms with Gasteiger partial charge in [-0.2, -0.15) is 11.8 Å². The number of thioether (sulfide) groups is 1. The van der Waals surface area contributed by atoms with Gasteiger partial charge in [-0.3, -0.25) is 10.1 Å². The fourth-order valence-corrected chi connectivity index (χ4v) is 3.98. The number of nitro groups is 1. The Hall–Kier alpha value is -1.43. The van der Waals surface area contributed by atoms with Crippen LogP contribution in [0.25, 0.3) is 0 Å². The number of hydrogen-bond acceptors (Lipinski definition) is 5. The van der Waals surface area contributed by atoms with Crippen LogP contribution in [0.5, 0.6) is 0 Å². The standard InChI is InChI=1S/C15H21N3O2S/c19-18(20)14-5-4-13(16-8-10-21-11-9-16)12-15(14)17-6-2-1-3-7-17/h4-5,12H,1-3,6-11H2. The highest BCUT2D eigenvalue weighted by molar-refractivity contribution is 7.99. The SMILES string of the molecule is O=[N+]([O-])c1ccc(N2CCSCC2)cc1N1CCCCC1. The summed E-state index contributed by atoms with van der Waals surface area (Å²) in [4.78, 5) is 15.6. The van der Waals surface area contributed by atoms with Gasteiger partial charge in [-0.25, -0.2) is 0 Å². The highest BCUT2D eigenvalue weighted by Crippen LogP contribution is 2.34. The molecule has 0 bridgehead atoms. The molecule has 2 fully saturated rings. The molecule has 0 saturated carbocycles. The molecule has 0 N–H and O–H groups in total. The molecule has 0 unspecified atom stereocenters. The van der Waals surface area contributed by atoms with Crippen molar-refractivity contribution in [2.45, 2.75) is 19.3 Å². The number of nitro benzene ring substituents is 1. The summed E-state index contributed by atoms with van der Waals surface area (Å²) in [6, 6.07) is 5.61. The van der Waals surface area contributed by atoms with Crippen LogP contribution < -0.4 is 9.80 Å². The van der Waals surface area contributed by atoms with Crippen molar-refractivity contribution in [3.8, 4) is 0 Å². The average Bonchev–Trinajstić information content (AvgIpc) is 2.56. The molecule has 2 saturated heterocycles. The van der Waals surface area contributed by atoms with E-state index >= 15 is 0 Å². The zero-order valence-electron chi connectivity index (χ0n) is 12.2. The van der Waals surface area contributed by atoms with Crippen LogP contribution in [0.15, 0.2) is 18.2 Å². The van der Waals surface area contributed by atoms with Gasteiger partial charge in [0.2, 0.25) is 0 Å². The average molecular weight is 307 g/mol. The number of anilines is 2. The van der Waals surface area contributed by atoms with Gasteiger partial charge in [0.1, 0.15) is 5.69 Å². The summed E-state index contributed by atoms with van der Waals surface area (Å²) in [5.41, 5.74) is 2.17. The van der Waals surface area contributed by atoms with Gasteiger partial charge in [0, 0.05) is 49.4 Å². The van der Waals surface area contributed by atoms with E-state index in [4.69, 9.17) is 0 Å². The Balaban J connectivity index is 1.91. The molecular formula is C15H21N3O2S. The van der Waals surface area contributed by atoms with Crippen molar-refractivity contribution < 1.29 is 4.92 Å². The van der Waals surface area contributed by atoms with E-state index in [0.29, 0.717) is 0 Å². The van der Waals surface area contributed by atoms with Gasteiger partial charge in [0.15, 0.2) is 0 Å². The molecule has 6 heteroatoms. The molecule has 2 aliphatic heterocycles. The Kier molecular flexibility index (Phi) is 4.53. The van der Waals surface area contributed by atoms with Crippen LogP contribution in [-0.4, -0.2) is 42.6 Å². The Morgan fingerprint density at radius 3 is 2.38 bits per heavy atom. The molecular weight excluding hydrogens is 286 g/mol. The second-order valence-electron chi connectivity index (χ2n) is 5.58. The fraction of sp³-hybridized carbons (Fsp3) is 0.600. The van der Waals surface area contributed by atoms with Gasteiger partial charge in [-0.05, 0) is 31.4 Å². The molecule has 0 atom stereocenters. The highest BCUT2D eigenvalue weighted by Gasteiger charge is 2.23. The lowest BCUT2D eigenvalue weighted by Crippen LogP contribution is -2.33. The van der Waals surface area contributed by atoms with Crippen LogP contribution in [0.2, 0.25) is 0 Å². The second kappa shape index (κ2) is 6.56. The maximum atomic E-state index is 11.3. The number of piperidine rings is 1. The first-order valence-corrected chi connectivity index (χ1v) is 8.77. The van der Waals surface area contributed by atoms with E-state index in [2.05, 4.69) is 9.80 Å². The van der Waals surface area contributed by atoms with E-state index < -0.39 is 0 Å². The topological polar surface area (TPSA) is 49.6 Å². The molecule has 1 aromatic carbocycles. The van der Waals surface area contributed by atoms with Gasteiger partial charge in [0.05, 0.1) is 4.92 Å². The predicted molar refractivity (Wildman–Crippen MR) is 88.7 cm³/mol. The summed E-state index contributed by atoms with van der Waals surface area (Å²) in [6.07, 6.45) is 3.48. The maximum Gasteiger partial charge on any atom is 0.292 e. The maximum absolute atomic E-state index is 11.3. The van der Waals surface area contributed by atoms with Gasteiger partial charge >= 0.3 is 0 Å². The first-order chi connectivity index (χ1) is 10.3. The normalized spacial score (nSPS) is 19.6. The molecule has 5 nitrogen and oxygen atoms in total. The minimum absolute atomic E-state index is 0.243. The summed E-state index contributed by atoms with van der Waals surface area (Å²) >= 11 is 1.97. The molecule has 0 aliphatic carbocycles. The van der Waals surface area contributed by atoms with Crippen LogP contribution in [-0.2, 0) is 0 Å². The Morgan fingerprint density at radius 2 is 1.71 bits per heavy atom. The quantitative estimate of drug-likeness (QED) is 0.634. The zero-order chi connectivity index (χ0) is 14.7. The van der Waals surface area contributed by atoms with Crippen LogP contribution in [0.3, 0.4) is 0 Å². The van der Waals surface area contributed by atoms with Crippen molar-refractivity contribution in [3.63, 3.8) is 0 Å². The summed E-state index contributed by atoms with van der Waals surface area (Å²) < 4.78 is 0. The fourth-order valence-electron chi connectivity index (χ4n) is 3.07. The van der Waals surface area contributed by atoms with Crippen LogP contribution >= 0.6 is 11.8 Å². The van der Waals surface area contributed by atoms with Gasteiger partial charge in [-0.15, -0.1) is 0 Å². The smallest absolute Gasteiger partial charge is 0.292 e. The molecule has 1 aromatic rings. The van der Waals surface area contributed by atoms with Crippen molar-refractivity contribution in [3.05, 3.63) is 28.3 Å². The molecule has 0 spiro atoms. The Bertz CT molecular complexity index is 512. The largest absolute Gasteiger partial charge is 0.370 e. The Labute approximate surface area is 129 Å². The highest BCUT2D eigenvalue weighted by atomic mass is 32.2. The molecule has 21 heavy (non-hydrogen) atoms. The molecule has 114 valence electrons. The van der Waals surface area contributed by atoms with Gasteiger partial charge in [-0.1, -0.05) is 0 Å². The third-order valence-electron chi connectivity index (χ3n) is 4.23. The van der Waals surface area contributed by atoms with E-state index in [1.807, 2.05) is 23.9 Å². The monoisotopic (exact) mass is 307 g/mol. The van der Waals surface area contributed by atoms with Crippen molar-refractivity contribution in [2.75, 3.05) is 47.5 Å². The summed E-state index contributed by atoms with van der Waals surface area (Å²) in [5.74, 6) is 2.27. The molecule has 2 heterocycles. The Morgan fingerprint density at radius 1 is 1.00 bits per heavy atom. The lowest BCUT2D eigenvalue weighted by Gasteiger charge is -2.32. The third-order valence-corrected chi connectivity index (χ3v) is 5.17. The van der Waals surface area contributed by atoms with E-state index in [0.717, 1.165) is 61.9 Å². The minimum Gasteiger partial charge on any atom is -0.370 e. The van der Waals surface area contributed by atoms with Crippen molar-refractivity contribution in [2.24, 2.45) is 0 Å². The van der Waals surface area contributed by atoms with Crippen LogP contribution in [0.4, 0.5) is 17.1 Å². The molecule has 0 amide bonds. The molecule has 0 aromatic heterocycles. The first kappa shape index (κ1) is 14.5. The number of benzene rings is 1. The third kappa shape index (κ3) is 3.26. The number of rotatable bonds is 3. The lowest BCUT2D eigenvalue weighted by molar-refractivity contribution is -0.384. The van der Waals surface area contributed by atoms with Crippen LogP contribution in [0.1, 0.15) is 19.3 Å². The molecule has 0 radical (unpaired) electrons. The van der Waals surface area contributed by atoms with E-state index in [9.17, 15) is 10.1 Å². The number of hydrogen-bond donors (Lipinski definition) is 0. The predicted octanol–water partition coefficient (Wildman–Crippen LogP) is 3.14. The van der Waals surface area contributed by atoms with Crippen molar-refractivity contribution >= 4 is 28.8 Å². The summed E-state index contributed by atoms with van der Waals surface area (Å²) in [6.45, 7) is 3.92. The molecule has 2 aliphatic rings. The summed E-state index contributed by atoms with van der Waals surface area (Å²) in [5, 5.41) is 11.3. The second-order valence-corrected chi connectivity index (χ2v) is 6.80. The lowest BCUT2D eigenvalue weighted by atomic mass is 10.1. The molecule has 3 rings (SSSR count). The zero-order valence-corrected chi connectivity index (χ0v) is 13.0. The van der Waals surface area contributed by atoms with E-state index in [1.54, 1.807) is 6.07 Å². The van der Waals surface area contributed by atoms with Gasteiger partial charge < -0.3 is 9.80 Å². The van der Waals surface area contributed by atoms with E-state index in [-0.39, 0.29) is 10.6 Å². The number of nitrogens with zero attached hydrogens (tertiary/aromatic N) is 3. The van der Waals surface area contributed by atoms with Crippen LogP contribution in [0, 0.1) is 10.1 Å². The van der Waals surface area contributed by atoms with E-state index in [1.165, 1.54) is 6.42 Å². The summed E-state index contributed by atoms with van der Waals surface area (Å²) in [7, 11) is 0. The minimum atomic E-state index is -0.250.